The zero-order valence-electron chi connectivity index (χ0n) is 12.6. The Hall–Kier alpha value is -0.160. The third kappa shape index (κ3) is 5.65. The normalized spacial score (nSPS) is 22.0. The zero-order valence-corrected chi connectivity index (χ0v) is 12.6. The van der Waals surface area contributed by atoms with Crippen molar-refractivity contribution in [3.63, 3.8) is 0 Å². The second kappa shape index (κ2) is 8.86. The zero-order chi connectivity index (χ0) is 13.4. The summed E-state index contributed by atoms with van der Waals surface area (Å²) in [5.74, 6) is 0. The van der Waals surface area contributed by atoms with Crippen LogP contribution in [0.4, 0.5) is 0 Å². The third-order valence-corrected chi connectivity index (χ3v) is 3.77. The monoisotopic (exact) mass is 257 g/mol. The Balaban J connectivity index is 2.11. The highest BCUT2D eigenvalue weighted by atomic mass is 16.5. The van der Waals surface area contributed by atoms with Gasteiger partial charge in [0.25, 0.3) is 0 Å². The van der Waals surface area contributed by atoms with Crippen molar-refractivity contribution in [2.45, 2.75) is 39.8 Å². The maximum atomic E-state index is 5.80. The van der Waals surface area contributed by atoms with Crippen molar-refractivity contribution in [1.29, 1.82) is 0 Å². The molecule has 0 saturated carbocycles. The molecule has 4 heteroatoms. The fraction of sp³-hybridized carbons (Fsp3) is 1.00. The molecule has 1 aliphatic rings. The molecule has 0 aromatic heterocycles. The minimum Gasteiger partial charge on any atom is -0.374 e. The van der Waals surface area contributed by atoms with Gasteiger partial charge >= 0.3 is 0 Å². The second-order valence-electron chi connectivity index (χ2n) is 5.31. The lowest BCUT2D eigenvalue weighted by Gasteiger charge is -2.35. The Morgan fingerprint density at radius 1 is 1.33 bits per heavy atom. The maximum Gasteiger partial charge on any atom is 0.0826 e. The fourth-order valence-corrected chi connectivity index (χ4v) is 2.37. The second-order valence-corrected chi connectivity index (χ2v) is 5.31. The van der Waals surface area contributed by atoms with Crippen LogP contribution in [0.25, 0.3) is 0 Å². The highest BCUT2D eigenvalue weighted by molar-refractivity contribution is 4.75. The van der Waals surface area contributed by atoms with Crippen molar-refractivity contribution >= 4 is 0 Å². The topological polar surface area (TPSA) is 27.7 Å². The Kier molecular flexibility index (Phi) is 7.82. The lowest BCUT2D eigenvalue weighted by molar-refractivity contribution is -0.0371. The molecule has 1 atom stereocenters. The van der Waals surface area contributed by atoms with Gasteiger partial charge in [0, 0.05) is 38.8 Å². The summed E-state index contributed by atoms with van der Waals surface area (Å²) in [7, 11) is 0. The van der Waals surface area contributed by atoms with Crippen LogP contribution in [0.5, 0.6) is 0 Å². The van der Waals surface area contributed by atoms with Gasteiger partial charge in [-0.05, 0) is 26.9 Å². The quantitative estimate of drug-likeness (QED) is 0.657. The molecule has 0 bridgehead atoms. The molecule has 18 heavy (non-hydrogen) atoms. The summed E-state index contributed by atoms with van der Waals surface area (Å²) in [5, 5.41) is 3.52. The molecule has 1 unspecified atom stereocenters. The Bertz CT molecular complexity index is 207. The van der Waals surface area contributed by atoms with E-state index in [9.17, 15) is 0 Å². The summed E-state index contributed by atoms with van der Waals surface area (Å²) < 4.78 is 5.80. The van der Waals surface area contributed by atoms with Crippen molar-refractivity contribution in [3.05, 3.63) is 0 Å². The highest BCUT2D eigenvalue weighted by Gasteiger charge is 2.21. The number of rotatable bonds is 8. The SMILES string of the molecule is CCN(CC)CCNCC1CN(C(C)C)CCO1. The van der Waals surface area contributed by atoms with Crippen LogP contribution in [-0.4, -0.2) is 74.4 Å². The van der Waals surface area contributed by atoms with Crippen LogP contribution in [-0.2, 0) is 4.74 Å². The number of hydrogen-bond donors (Lipinski definition) is 1. The van der Waals surface area contributed by atoms with Crippen LogP contribution in [0.3, 0.4) is 0 Å². The van der Waals surface area contributed by atoms with Gasteiger partial charge in [-0.1, -0.05) is 13.8 Å². The summed E-state index contributed by atoms with van der Waals surface area (Å²) in [4.78, 5) is 4.94. The number of hydrogen-bond acceptors (Lipinski definition) is 4. The Morgan fingerprint density at radius 3 is 2.67 bits per heavy atom. The van der Waals surface area contributed by atoms with Crippen molar-refractivity contribution < 1.29 is 4.74 Å². The van der Waals surface area contributed by atoms with E-state index in [1.54, 1.807) is 0 Å². The number of nitrogens with one attached hydrogen (secondary N) is 1. The molecule has 1 fully saturated rings. The van der Waals surface area contributed by atoms with E-state index in [1.165, 1.54) is 0 Å². The molecule has 108 valence electrons. The van der Waals surface area contributed by atoms with Crippen molar-refractivity contribution in [2.24, 2.45) is 0 Å². The molecule has 1 aliphatic heterocycles. The van der Waals surface area contributed by atoms with Crippen molar-refractivity contribution in [2.75, 3.05) is 52.4 Å². The molecule has 1 rings (SSSR count). The first kappa shape index (κ1) is 15.9. The van der Waals surface area contributed by atoms with Gasteiger partial charge in [-0.15, -0.1) is 0 Å². The Morgan fingerprint density at radius 2 is 2.06 bits per heavy atom. The van der Waals surface area contributed by atoms with Gasteiger partial charge < -0.3 is 15.0 Å². The molecule has 1 N–H and O–H groups in total. The molecule has 0 aromatic carbocycles. The van der Waals surface area contributed by atoms with E-state index in [-0.39, 0.29) is 0 Å². The van der Waals surface area contributed by atoms with Gasteiger partial charge in [0.2, 0.25) is 0 Å². The molecule has 1 saturated heterocycles. The van der Waals surface area contributed by atoms with E-state index >= 15 is 0 Å². The third-order valence-electron chi connectivity index (χ3n) is 3.77. The summed E-state index contributed by atoms with van der Waals surface area (Å²) in [5.41, 5.74) is 0. The molecule has 0 aromatic rings. The van der Waals surface area contributed by atoms with E-state index in [1.807, 2.05) is 0 Å². The van der Waals surface area contributed by atoms with Gasteiger partial charge in [0.15, 0.2) is 0 Å². The van der Waals surface area contributed by atoms with Crippen LogP contribution >= 0.6 is 0 Å². The summed E-state index contributed by atoms with van der Waals surface area (Å²) in [6.45, 7) is 17.4. The lowest BCUT2D eigenvalue weighted by Crippen LogP contribution is -2.49. The number of ether oxygens (including phenoxy) is 1. The standard InChI is InChI=1S/C14H31N3O/c1-5-16(6-2)8-7-15-11-14-12-17(13(3)4)9-10-18-14/h13-15H,5-12H2,1-4H3. The van der Waals surface area contributed by atoms with E-state index in [2.05, 4.69) is 42.8 Å². The summed E-state index contributed by atoms with van der Waals surface area (Å²) in [6, 6.07) is 0.632. The molecule has 4 nitrogen and oxygen atoms in total. The molecule has 1 heterocycles. The van der Waals surface area contributed by atoms with E-state index in [0.29, 0.717) is 12.1 Å². The molecular formula is C14H31N3O. The minimum atomic E-state index is 0.359. The van der Waals surface area contributed by atoms with Crippen LogP contribution < -0.4 is 5.32 Å². The smallest absolute Gasteiger partial charge is 0.0826 e. The van der Waals surface area contributed by atoms with Crippen LogP contribution in [0.1, 0.15) is 27.7 Å². The molecular weight excluding hydrogens is 226 g/mol. The lowest BCUT2D eigenvalue weighted by atomic mass is 10.2. The van der Waals surface area contributed by atoms with Gasteiger partial charge in [0.05, 0.1) is 12.7 Å². The highest BCUT2D eigenvalue weighted by Crippen LogP contribution is 2.07. The van der Waals surface area contributed by atoms with Crippen LogP contribution in [0, 0.1) is 0 Å². The molecule has 0 radical (unpaired) electrons. The van der Waals surface area contributed by atoms with E-state index in [4.69, 9.17) is 4.74 Å². The van der Waals surface area contributed by atoms with Crippen LogP contribution in [0.2, 0.25) is 0 Å². The van der Waals surface area contributed by atoms with Crippen molar-refractivity contribution in [1.82, 2.24) is 15.1 Å². The number of morpholine rings is 1. The average Bonchev–Trinajstić information content (AvgIpc) is 2.39. The molecule has 0 aliphatic carbocycles. The van der Waals surface area contributed by atoms with Crippen molar-refractivity contribution in [3.8, 4) is 0 Å². The fourth-order valence-electron chi connectivity index (χ4n) is 2.37. The molecule has 0 amide bonds. The van der Waals surface area contributed by atoms with Gasteiger partial charge in [-0.25, -0.2) is 0 Å². The summed E-state index contributed by atoms with van der Waals surface area (Å²) >= 11 is 0. The first-order valence-corrected chi connectivity index (χ1v) is 7.46. The maximum absolute atomic E-state index is 5.80. The van der Waals surface area contributed by atoms with Gasteiger partial charge in [-0.3, -0.25) is 4.90 Å². The number of nitrogens with zero attached hydrogens (tertiary/aromatic N) is 2. The Labute approximate surface area is 113 Å². The first-order chi connectivity index (χ1) is 8.67. The average molecular weight is 257 g/mol. The van der Waals surface area contributed by atoms with E-state index < -0.39 is 0 Å². The predicted octanol–water partition coefficient (Wildman–Crippen LogP) is 1.03. The molecule has 0 spiro atoms. The van der Waals surface area contributed by atoms with Gasteiger partial charge in [-0.2, -0.15) is 0 Å². The minimum absolute atomic E-state index is 0.359. The largest absolute Gasteiger partial charge is 0.374 e. The predicted molar refractivity (Wildman–Crippen MR) is 77.1 cm³/mol. The summed E-state index contributed by atoms with van der Waals surface area (Å²) in [6.07, 6.45) is 0.359. The van der Waals surface area contributed by atoms with Gasteiger partial charge in [0.1, 0.15) is 0 Å². The first-order valence-electron chi connectivity index (χ1n) is 7.46. The van der Waals surface area contributed by atoms with Crippen LogP contribution in [0.15, 0.2) is 0 Å². The van der Waals surface area contributed by atoms with E-state index in [0.717, 1.165) is 52.4 Å². The number of likely N-dealkylation sites (N-methyl/N-ethyl adjacent to an activating group) is 1.